The molecule has 1 aromatic heterocycles. The average Bonchev–Trinajstić information content (AvgIpc) is 2.79. The Bertz CT molecular complexity index is 1240. The van der Waals surface area contributed by atoms with E-state index < -0.39 is 15.8 Å². The Morgan fingerprint density at radius 3 is 2.52 bits per heavy atom. The fourth-order valence-electron chi connectivity index (χ4n) is 3.70. The second-order valence-corrected chi connectivity index (χ2v) is 9.23. The summed E-state index contributed by atoms with van der Waals surface area (Å²) in [6, 6.07) is 13.3. The Morgan fingerprint density at radius 2 is 1.84 bits per heavy atom. The SMILES string of the molecule is N#CC1CCCN(S(=O)(=O)c2c(F)cccc2-c2ccc(-c3cnc(N)cn3)cc2)C1. The minimum atomic E-state index is -4.11. The minimum absolute atomic E-state index is 0.0708. The van der Waals surface area contributed by atoms with E-state index in [9.17, 15) is 18.1 Å². The molecule has 3 aromatic rings. The zero-order valence-electron chi connectivity index (χ0n) is 16.6. The van der Waals surface area contributed by atoms with Crippen LogP contribution in [0.2, 0.25) is 0 Å². The van der Waals surface area contributed by atoms with Gasteiger partial charge in [0, 0.05) is 24.2 Å². The van der Waals surface area contributed by atoms with Crippen molar-refractivity contribution in [2.75, 3.05) is 18.8 Å². The molecule has 1 unspecified atom stereocenters. The van der Waals surface area contributed by atoms with Gasteiger partial charge in [-0.3, -0.25) is 4.98 Å². The molecule has 1 aliphatic heterocycles. The molecular formula is C22H20FN5O2S. The Balaban J connectivity index is 1.73. The van der Waals surface area contributed by atoms with Crippen LogP contribution in [0.4, 0.5) is 10.2 Å². The monoisotopic (exact) mass is 437 g/mol. The standard InChI is InChI=1S/C22H20FN5O2S/c23-19-5-1-4-18(22(19)31(29,30)28-10-2-3-15(11-24)14-28)16-6-8-17(9-7-16)20-12-27-21(25)13-26-20/h1,4-9,12-13,15H,2-3,10,14H2,(H2,25,27). The van der Waals surface area contributed by atoms with E-state index in [2.05, 4.69) is 16.0 Å². The quantitative estimate of drug-likeness (QED) is 0.669. The first-order valence-electron chi connectivity index (χ1n) is 9.77. The molecule has 2 aromatic carbocycles. The van der Waals surface area contributed by atoms with Crippen molar-refractivity contribution in [1.29, 1.82) is 5.26 Å². The lowest BCUT2D eigenvalue weighted by molar-refractivity contribution is 0.304. The summed E-state index contributed by atoms with van der Waals surface area (Å²) in [6.45, 7) is 0.338. The number of sulfonamides is 1. The smallest absolute Gasteiger partial charge is 0.246 e. The van der Waals surface area contributed by atoms with Gasteiger partial charge < -0.3 is 5.73 Å². The number of hydrogen-bond acceptors (Lipinski definition) is 6. The average molecular weight is 438 g/mol. The van der Waals surface area contributed by atoms with Crippen LogP contribution >= 0.6 is 0 Å². The molecule has 1 atom stereocenters. The topological polar surface area (TPSA) is 113 Å². The number of benzene rings is 2. The summed E-state index contributed by atoms with van der Waals surface area (Å²) in [4.78, 5) is 7.87. The van der Waals surface area contributed by atoms with E-state index in [0.29, 0.717) is 29.9 Å². The summed E-state index contributed by atoms with van der Waals surface area (Å²) < 4.78 is 42.7. The van der Waals surface area contributed by atoms with Crippen LogP contribution in [-0.4, -0.2) is 35.8 Å². The molecule has 9 heteroatoms. The highest BCUT2D eigenvalue weighted by Crippen LogP contribution is 2.34. The first kappa shape index (κ1) is 20.9. The molecule has 31 heavy (non-hydrogen) atoms. The van der Waals surface area contributed by atoms with Crippen molar-refractivity contribution in [2.24, 2.45) is 5.92 Å². The van der Waals surface area contributed by atoms with Crippen LogP contribution in [0.1, 0.15) is 12.8 Å². The van der Waals surface area contributed by atoms with E-state index in [-0.39, 0.29) is 29.5 Å². The van der Waals surface area contributed by atoms with Gasteiger partial charge in [-0.1, -0.05) is 36.4 Å². The number of aromatic nitrogens is 2. The van der Waals surface area contributed by atoms with Crippen LogP contribution in [0, 0.1) is 23.1 Å². The van der Waals surface area contributed by atoms with E-state index in [1.54, 1.807) is 36.5 Å². The summed E-state index contributed by atoms with van der Waals surface area (Å²) in [5.74, 6) is -0.893. The van der Waals surface area contributed by atoms with Gasteiger partial charge in [0.25, 0.3) is 0 Å². The maximum Gasteiger partial charge on any atom is 0.246 e. The van der Waals surface area contributed by atoms with Crippen molar-refractivity contribution in [2.45, 2.75) is 17.7 Å². The molecule has 7 nitrogen and oxygen atoms in total. The molecule has 2 heterocycles. The summed E-state index contributed by atoms with van der Waals surface area (Å²) in [5.41, 5.74) is 7.78. The predicted octanol–water partition coefficient (Wildman–Crippen LogP) is 3.46. The molecular weight excluding hydrogens is 417 g/mol. The summed E-state index contributed by atoms with van der Waals surface area (Å²) in [6.07, 6.45) is 4.21. The zero-order valence-corrected chi connectivity index (χ0v) is 17.4. The van der Waals surface area contributed by atoms with Crippen molar-refractivity contribution in [3.63, 3.8) is 0 Å². The number of nitriles is 1. The lowest BCUT2D eigenvalue weighted by Gasteiger charge is -2.29. The third-order valence-electron chi connectivity index (χ3n) is 5.30. The highest BCUT2D eigenvalue weighted by molar-refractivity contribution is 7.89. The number of nitrogens with two attached hydrogens (primary N) is 1. The zero-order chi connectivity index (χ0) is 22.0. The first-order chi connectivity index (χ1) is 14.9. The number of piperidine rings is 1. The van der Waals surface area contributed by atoms with Crippen LogP contribution in [0.15, 0.2) is 59.8 Å². The number of anilines is 1. The van der Waals surface area contributed by atoms with Gasteiger partial charge in [-0.2, -0.15) is 9.57 Å². The van der Waals surface area contributed by atoms with Gasteiger partial charge >= 0.3 is 0 Å². The summed E-state index contributed by atoms with van der Waals surface area (Å²) in [7, 11) is -4.11. The van der Waals surface area contributed by atoms with Gasteiger partial charge in [0.15, 0.2) is 0 Å². The van der Waals surface area contributed by atoms with E-state index in [4.69, 9.17) is 5.73 Å². The number of nitrogen functional groups attached to an aromatic ring is 1. The van der Waals surface area contributed by atoms with Gasteiger partial charge in [-0.05, 0) is 24.5 Å². The maximum absolute atomic E-state index is 14.8. The van der Waals surface area contributed by atoms with E-state index in [1.807, 2.05) is 0 Å². The van der Waals surface area contributed by atoms with Crippen molar-refractivity contribution >= 4 is 15.8 Å². The molecule has 1 fully saturated rings. The third kappa shape index (κ3) is 4.13. The maximum atomic E-state index is 14.8. The molecule has 0 saturated carbocycles. The number of nitrogens with zero attached hydrogens (tertiary/aromatic N) is 4. The number of hydrogen-bond donors (Lipinski definition) is 1. The van der Waals surface area contributed by atoms with E-state index in [1.165, 1.54) is 16.6 Å². The molecule has 0 radical (unpaired) electrons. The van der Waals surface area contributed by atoms with Crippen LogP contribution < -0.4 is 5.73 Å². The minimum Gasteiger partial charge on any atom is -0.382 e. The van der Waals surface area contributed by atoms with Crippen LogP contribution in [-0.2, 0) is 10.0 Å². The molecule has 0 amide bonds. The Hall–Kier alpha value is -3.35. The molecule has 0 bridgehead atoms. The lowest BCUT2D eigenvalue weighted by Crippen LogP contribution is -2.40. The van der Waals surface area contributed by atoms with E-state index in [0.717, 1.165) is 11.6 Å². The Morgan fingerprint density at radius 1 is 1.10 bits per heavy atom. The number of halogens is 1. The van der Waals surface area contributed by atoms with Gasteiger partial charge in [-0.25, -0.2) is 17.8 Å². The van der Waals surface area contributed by atoms with Gasteiger partial charge in [0.05, 0.1) is 30.1 Å². The molecule has 1 aliphatic rings. The molecule has 2 N–H and O–H groups in total. The third-order valence-corrected chi connectivity index (χ3v) is 7.24. The molecule has 1 saturated heterocycles. The van der Waals surface area contributed by atoms with Crippen molar-refractivity contribution in [3.05, 3.63) is 60.7 Å². The Kier molecular flexibility index (Phi) is 5.67. The van der Waals surface area contributed by atoms with E-state index >= 15 is 0 Å². The van der Waals surface area contributed by atoms with Gasteiger partial charge in [-0.15, -0.1) is 0 Å². The molecule has 158 valence electrons. The molecule has 0 aliphatic carbocycles. The van der Waals surface area contributed by atoms with Gasteiger partial charge in [0.2, 0.25) is 10.0 Å². The normalized spacial score (nSPS) is 17.2. The highest BCUT2D eigenvalue weighted by Gasteiger charge is 2.34. The van der Waals surface area contributed by atoms with Crippen LogP contribution in [0.5, 0.6) is 0 Å². The van der Waals surface area contributed by atoms with Crippen LogP contribution in [0.25, 0.3) is 22.4 Å². The van der Waals surface area contributed by atoms with Crippen molar-refractivity contribution < 1.29 is 12.8 Å². The fourth-order valence-corrected chi connectivity index (χ4v) is 5.48. The fraction of sp³-hybridized carbons (Fsp3) is 0.227. The largest absolute Gasteiger partial charge is 0.382 e. The molecule has 4 rings (SSSR count). The highest BCUT2D eigenvalue weighted by atomic mass is 32.2. The predicted molar refractivity (Wildman–Crippen MR) is 114 cm³/mol. The summed E-state index contributed by atoms with van der Waals surface area (Å²) in [5, 5.41) is 9.21. The Labute approximate surface area is 180 Å². The second kappa shape index (κ2) is 8.41. The van der Waals surface area contributed by atoms with Crippen molar-refractivity contribution in [3.8, 4) is 28.5 Å². The number of rotatable bonds is 4. The second-order valence-electron chi connectivity index (χ2n) is 7.35. The molecule has 0 spiro atoms. The first-order valence-corrected chi connectivity index (χ1v) is 11.2. The van der Waals surface area contributed by atoms with Crippen molar-refractivity contribution in [1.82, 2.24) is 14.3 Å². The summed E-state index contributed by atoms with van der Waals surface area (Å²) >= 11 is 0. The van der Waals surface area contributed by atoms with Gasteiger partial charge in [0.1, 0.15) is 16.5 Å². The van der Waals surface area contributed by atoms with Crippen LogP contribution in [0.3, 0.4) is 0 Å². The lowest BCUT2D eigenvalue weighted by atomic mass is 10.0.